The van der Waals surface area contributed by atoms with Gasteiger partial charge in [-0.25, -0.2) is 4.98 Å². The number of ether oxygens (including phenoxy) is 2. The summed E-state index contributed by atoms with van der Waals surface area (Å²) in [5.74, 6) is 2.05. The first kappa shape index (κ1) is 16.2. The molecule has 1 aliphatic heterocycles. The van der Waals surface area contributed by atoms with Crippen molar-refractivity contribution in [3.8, 4) is 17.1 Å². The van der Waals surface area contributed by atoms with Crippen LogP contribution in [0.25, 0.3) is 17.1 Å². The number of oxazole rings is 1. The zero-order chi connectivity index (χ0) is 18.1. The highest BCUT2D eigenvalue weighted by Gasteiger charge is 2.25. The van der Waals surface area contributed by atoms with Crippen LogP contribution in [0, 0.1) is 6.92 Å². The van der Waals surface area contributed by atoms with E-state index in [4.69, 9.17) is 19.6 Å². The summed E-state index contributed by atoms with van der Waals surface area (Å²) in [7, 11) is 1.62. The smallest absolute Gasteiger partial charge is 0.231 e. The van der Waals surface area contributed by atoms with Crippen LogP contribution in [0.3, 0.4) is 0 Å². The molecule has 6 heteroatoms. The number of aryl methyl sites for hydroxylation is 1. The fraction of sp³-hybridized carbons (Fsp3) is 0.150. The Balaban J connectivity index is 1.68. The summed E-state index contributed by atoms with van der Waals surface area (Å²) in [5.41, 5.74) is 10.0. The second kappa shape index (κ2) is 6.57. The third-order valence-corrected chi connectivity index (χ3v) is 4.26. The van der Waals surface area contributed by atoms with E-state index in [0.29, 0.717) is 11.5 Å². The van der Waals surface area contributed by atoms with Gasteiger partial charge in [0.25, 0.3) is 0 Å². The normalized spacial score (nSPS) is 16.3. The summed E-state index contributed by atoms with van der Waals surface area (Å²) >= 11 is 0. The molecule has 26 heavy (non-hydrogen) atoms. The Morgan fingerprint density at radius 2 is 2.08 bits per heavy atom. The molecule has 0 amide bonds. The van der Waals surface area contributed by atoms with Gasteiger partial charge in [0.2, 0.25) is 6.35 Å². The molecule has 1 unspecified atom stereocenters. The molecule has 1 aromatic heterocycles. The van der Waals surface area contributed by atoms with Crippen molar-refractivity contribution in [2.75, 3.05) is 12.0 Å². The molecule has 0 aliphatic carbocycles. The Bertz CT molecular complexity index is 951. The van der Waals surface area contributed by atoms with Crippen molar-refractivity contribution in [2.24, 2.45) is 5.73 Å². The van der Waals surface area contributed by atoms with E-state index in [2.05, 4.69) is 11.1 Å². The maximum Gasteiger partial charge on any atom is 0.231 e. The number of benzene rings is 2. The predicted molar refractivity (Wildman–Crippen MR) is 99.2 cm³/mol. The van der Waals surface area contributed by atoms with E-state index in [1.807, 2.05) is 54.4 Å². The van der Waals surface area contributed by atoms with Crippen LogP contribution in [0.4, 0.5) is 5.69 Å². The van der Waals surface area contributed by atoms with E-state index >= 15 is 0 Å². The minimum Gasteiger partial charge on any atom is -0.496 e. The molecule has 2 N–H and O–H groups in total. The van der Waals surface area contributed by atoms with E-state index in [-0.39, 0.29) is 0 Å². The number of hydrogen-bond donors (Lipinski definition) is 1. The molecule has 6 nitrogen and oxygen atoms in total. The molecule has 3 aromatic rings. The highest BCUT2D eigenvalue weighted by molar-refractivity contribution is 5.73. The van der Waals surface area contributed by atoms with Gasteiger partial charge < -0.3 is 13.9 Å². The van der Waals surface area contributed by atoms with Crippen LogP contribution < -0.4 is 15.4 Å². The zero-order valence-corrected chi connectivity index (χ0v) is 14.5. The first-order valence-corrected chi connectivity index (χ1v) is 8.22. The average Bonchev–Trinajstić information content (AvgIpc) is 3.31. The van der Waals surface area contributed by atoms with Gasteiger partial charge in [-0.3, -0.25) is 10.6 Å². The number of rotatable bonds is 4. The van der Waals surface area contributed by atoms with E-state index < -0.39 is 6.35 Å². The Labute approximate surface area is 151 Å². The van der Waals surface area contributed by atoms with Crippen LogP contribution in [0.1, 0.15) is 11.1 Å². The molecule has 1 aliphatic rings. The van der Waals surface area contributed by atoms with Crippen molar-refractivity contribution in [1.29, 1.82) is 0 Å². The van der Waals surface area contributed by atoms with E-state index in [1.165, 1.54) is 6.39 Å². The van der Waals surface area contributed by atoms with Crippen LogP contribution in [0.15, 0.2) is 65.7 Å². The van der Waals surface area contributed by atoms with Crippen LogP contribution in [0.5, 0.6) is 5.75 Å². The number of hydrogen-bond acceptors (Lipinski definition) is 6. The largest absolute Gasteiger partial charge is 0.496 e. The molecule has 0 radical (unpaired) electrons. The second-order valence-electron chi connectivity index (χ2n) is 6.03. The van der Waals surface area contributed by atoms with Gasteiger partial charge in [-0.2, -0.15) is 0 Å². The van der Waals surface area contributed by atoms with E-state index in [9.17, 15) is 0 Å². The van der Waals surface area contributed by atoms with Crippen molar-refractivity contribution in [3.05, 3.63) is 72.4 Å². The number of anilines is 1. The maximum atomic E-state index is 6.18. The van der Waals surface area contributed by atoms with Crippen molar-refractivity contribution in [1.82, 2.24) is 4.98 Å². The Morgan fingerprint density at radius 1 is 1.19 bits per heavy atom. The summed E-state index contributed by atoms with van der Waals surface area (Å²) in [6, 6.07) is 13.9. The van der Waals surface area contributed by atoms with Crippen LogP contribution in [-0.4, -0.2) is 18.4 Å². The lowest BCUT2D eigenvalue weighted by Crippen LogP contribution is -2.36. The third kappa shape index (κ3) is 2.91. The first-order chi connectivity index (χ1) is 12.7. The summed E-state index contributed by atoms with van der Waals surface area (Å²) in [6.07, 6.45) is 4.34. The molecule has 2 aromatic carbocycles. The minimum absolute atomic E-state index is 0.605. The summed E-state index contributed by atoms with van der Waals surface area (Å²) < 4.78 is 16.7. The predicted octanol–water partition coefficient (Wildman–Crippen LogP) is 3.74. The topological polar surface area (TPSA) is 73.8 Å². The van der Waals surface area contributed by atoms with Gasteiger partial charge in [0.15, 0.2) is 12.2 Å². The summed E-state index contributed by atoms with van der Waals surface area (Å²) in [4.78, 5) is 5.82. The van der Waals surface area contributed by atoms with Crippen LogP contribution >= 0.6 is 0 Å². The van der Waals surface area contributed by atoms with Gasteiger partial charge in [0, 0.05) is 17.3 Å². The lowest BCUT2D eigenvalue weighted by Gasteiger charge is -2.21. The first-order valence-electron chi connectivity index (χ1n) is 8.22. The summed E-state index contributed by atoms with van der Waals surface area (Å²) in [6.45, 7) is 2.05. The third-order valence-electron chi connectivity index (χ3n) is 4.26. The van der Waals surface area contributed by atoms with Crippen molar-refractivity contribution < 1.29 is 13.9 Å². The van der Waals surface area contributed by atoms with Crippen molar-refractivity contribution in [3.63, 3.8) is 0 Å². The number of aromatic nitrogens is 1. The Hall–Kier alpha value is -3.25. The van der Waals surface area contributed by atoms with E-state index in [1.54, 1.807) is 13.3 Å². The molecule has 0 fully saturated rings. The lowest BCUT2D eigenvalue weighted by atomic mass is 10.1. The van der Waals surface area contributed by atoms with Gasteiger partial charge >= 0.3 is 0 Å². The quantitative estimate of drug-likeness (QED) is 0.773. The molecule has 1 atom stereocenters. The SMILES string of the molecule is COc1cc(N2C=C(c3cccc(C)c3)OC2N)ccc1-c1cnco1. The second-order valence-corrected chi connectivity index (χ2v) is 6.03. The molecule has 0 spiro atoms. The van der Waals surface area contributed by atoms with Crippen molar-refractivity contribution in [2.45, 2.75) is 13.3 Å². The molecule has 0 saturated carbocycles. The highest BCUT2D eigenvalue weighted by atomic mass is 16.5. The Kier molecular flexibility index (Phi) is 4.10. The standard InChI is InChI=1S/C20H19N3O3/c1-13-4-3-5-14(8-13)19-11-23(20(21)26-19)15-6-7-16(17(9-15)24-2)18-10-22-12-25-18/h3-12,20H,21H2,1-2H3. The van der Waals surface area contributed by atoms with Gasteiger partial charge in [0.1, 0.15) is 11.5 Å². The van der Waals surface area contributed by atoms with Gasteiger partial charge in [-0.15, -0.1) is 0 Å². The molecule has 0 saturated heterocycles. The van der Waals surface area contributed by atoms with Crippen molar-refractivity contribution >= 4 is 11.4 Å². The summed E-state index contributed by atoms with van der Waals surface area (Å²) in [5, 5.41) is 0. The molecule has 2 heterocycles. The van der Waals surface area contributed by atoms with Gasteiger partial charge in [-0.05, 0) is 25.1 Å². The van der Waals surface area contributed by atoms with Crippen LogP contribution in [-0.2, 0) is 4.74 Å². The molecule has 132 valence electrons. The average molecular weight is 349 g/mol. The lowest BCUT2D eigenvalue weighted by molar-refractivity contribution is 0.199. The molecular formula is C20H19N3O3. The molecule has 4 rings (SSSR count). The van der Waals surface area contributed by atoms with Gasteiger partial charge in [0.05, 0.1) is 25.1 Å². The van der Waals surface area contributed by atoms with Crippen LogP contribution in [0.2, 0.25) is 0 Å². The fourth-order valence-electron chi connectivity index (χ4n) is 2.97. The monoisotopic (exact) mass is 349 g/mol. The number of nitrogens with zero attached hydrogens (tertiary/aromatic N) is 2. The molecular weight excluding hydrogens is 330 g/mol. The zero-order valence-electron chi connectivity index (χ0n) is 14.5. The number of nitrogens with two attached hydrogens (primary N) is 1. The fourth-order valence-corrected chi connectivity index (χ4v) is 2.97. The maximum absolute atomic E-state index is 6.18. The number of methoxy groups -OCH3 is 1. The van der Waals surface area contributed by atoms with E-state index in [0.717, 1.165) is 28.1 Å². The van der Waals surface area contributed by atoms with Gasteiger partial charge in [-0.1, -0.05) is 23.8 Å². The highest BCUT2D eigenvalue weighted by Crippen LogP contribution is 2.36. The Morgan fingerprint density at radius 3 is 2.81 bits per heavy atom. The minimum atomic E-state index is -0.605. The molecule has 0 bridgehead atoms.